The van der Waals surface area contributed by atoms with Crippen LogP contribution in [0.25, 0.3) is 0 Å². The van der Waals surface area contributed by atoms with Gasteiger partial charge in [0.2, 0.25) is 10.0 Å². The second-order valence-electron chi connectivity index (χ2n) is 3.64. The lowest BCUT2D eigenvalue weighted by Gasteiger charge is -2.07. The smallest absolute Gasteiger partial charge is 0.354 e. The van der Waals surface area contributed by atoms with Crippen LogP contribution in [0, 0.1) is 0 Å². The Hall–Kier alpha value is -2.20. The predicted molar refractivity (Wildman–Crippen MR) is 71.1 cm³/mol. The summed E-state index contributed by atoms with van der Waals surface area (Å²) in [5, 5.41) is 13.4. The van der Waals surface area contributed by atoms with Crippen molar-refractivity contribution in [1.82, 2.24) is 15.0 Å². The van der Waals surface area contributed by atoms with E-state index < -0.39 is 22.0 Å². The Morgan fingerprint density at radius 2 is 2.05 bits per heavy atom. The number of rotatable bonds is 6. The van der Waals surface area contributed by atoms with Crippen LogP contribution in [-0.4, -0.2) is 49.9 Å². The van der Waals surface area contributed by atoms with E-state index in [4.69, 9.17) is 5.11 Å². The molecule has 1 heterocycles. The van der Waals surface area contributed by atoms with E-state index in [2.05, 4.69) is 20.3 Å². The maximum Gasteiger partial charge on any atom is 0.354 e. The fourth-order valence-electron chi connectivity index (χ4n) is 1.17. The van der Waals surface area contributed by atoms with Crippen LogP contribution in [-0.2, 0) is 10.0 Å². The minimum absolute atomic E-state index is 0.0599. The molecule has 9 nitrogen and oxygen atoms in total. The standard InChI is InChI=1S/C10H14N4O5S/c1-11-20(18,19)5-4-12-10(17)14-7-2-3-8(9(15)16)13-6-7/h2-3,6,11H,4-5H2,1H3,(H,15,16)(H2,12,14,17). The van der Waals surface area contributed by atoms with Crippen molar-refractivity contribution in [2.24, 2.45) is 0 Å². The van der Waals surface area contributed by atoms with Gasteiger partial charge in [0.05, 0.1) is 17.6 Å². The SMILES string of the molecule is CNS(=O)(=O)CCNC(=O)Nc1ccc(C(=O)O)nc1. The van der Waals surface area contributed by atoms with E-state index in [1.807, 2.05) is 0 Å². The highest BCUT2D eigenvalue weighted by Crippen LogP contribution is 2.05. The van der Waals surface area contributed by atoms with E-state index in [1.165, 1.54) is 25.4 Å². The highest BCUT2D eigenvalue weighted by molar-refractivity contribution is 7.89. The normalized spacial score (nSPS) is 10.8. The summed E-state index contributed by atoms with van der Waals surface area (Å²) < 4.78 is 24.3. The maximum atomic E-state index is 11.4. The van der Waals surface area contributed by atoms with Crippen molar-refractivity contribution >= 4 is 27.7 Å². The van der Waals surface area contributed by atoms with E-state index in [-0.39, 0.29) is 18.0 Å². The quantitative estimate of drug-likeness (QED) is 0.556. The van der Waals surface area contributed by atoms with Crippen LogP contribution in [0.3, 0.4) is 0 Å². The Bertz CT molecular complexity index is 584. The summed E-state index contributed by atoms with van der Waals surface area (Å²) in [6.45, 7) is -0.0599. The summed E-state index contributed by atoms with van der Waals surface area (Å²) in [5.41, 5.74) is 0.153. The monoisotopic (exact) mass is 302 g/mol. The van der Waals surface area contributed by atoms with Crippen LogP contribution < -0.4 is 15.4 Å². The third kappa shape index (κ3) is 5.20. The van der Waals surface area contributed by atoms with Gasteiger partial charge in [-0.15, -0.1) is 0 Å². The molecule has 1 aromatic rings. The lowest BCUT2D eigenvalue weighted by atomic mass is 10.3. The Morgan fingerprint density at radius 1 is 1.35 bits per heavy atom. The molecule has 0 aliphatic heterocycles. The molecule has 0 atom stereocenters. The minimum Gasteiger partial charge on any atom is -0.477 e. The molecule has 2 amide bonds. The van der Waals surface area contributed by atoms with Gasteiger partial charge >= 0.3 is 12.0 Å². The molecule has 110 valence electrons. The lowest BCUT2D eigenvalue weighted by Crippen LogP contribution is -2.35. The summed E-state index contributed by atoms with van der Waals surface area (Å²) in [5.74, 6) is -1.41. The molecule has 1 rings (SSSR count). The lowest BCUT2D eigenvalue weighted by molar-refractivity contribution is 0.0690. The number of nitrogens with one attached hydrogen (secondary N) is 3. The fraction of sp³-hybridized carbons (Fsp3) is 0.300. The zero-order chi connectivity index (χ0) is 15.2. The van der Waals surface area contributed by atoms with Gasteiger partial charge in [-0.05, 0) is 19.2 Å². The second kappa shape index (κ2) is 6.82. The summed E-state index contributed by atoms with van der Waals surface area (Å²) >= 11 is 0. The fourth-order valence-corrected chi connectivity index (χ4v) is 1.75. The zero-order valence-electron chi connectivity index (χ0n) is 10.6. The second-order valence-corrected chi connectivity index (χ2v) is 5.69. The van der Waals surface area contributed by atoms with Crippen LogP contribution in [0.1, 0.15) is 10.5 Å². The van der Waals surface area contributed by atoms with Gasteiger partial charge in [0.1, 0.15) is 5.69 Å². The number of carbonyl (C=O) groups is 2. The Balaban J connectivity index is 2.44. The molecule has 4 N–H and O–H groups in total. The van der Waals surface area contributed by atoms with Crippen LogP contribution >= 0.6 is 0 Å². The highest BCUT2D eigenvalue weighted by atomic mass is 32.2. The van der Waals surface area contributed by atoms with E-state index in [1.54, 1.807) is 0 Å². The molecular weight excluding hydrogens is 288 g/mol. The first kappa shape index (κ1) is 15.9. The number of sulfonamides is 1. The van der Waals surface area contributed by atoms with Crippen molar-refractivity contribution < 1.29 is 23.1 Å². The summed E-state index contributed by atoms with van der Waals surface area (Å²) in [6, 6.07) is 2.00. The van der Waals surface area contributed by atoms with Gasteiger partial charge in [-0.3, -0.25) is 0 Å². The Kier molecular flexibility index (Phi) is 5.41. The number of carboxylic acids is 1. The number of hydrogen-bond acceptors (Lipinski definition) is 5. The number of pyridine rings is 1. The maximum absolute atomic E-state index is 11.4. The van der Waals surface area contributed by atoms with Crippen molar-refractivity contribution in [1.29, 1.82) is 0 Å². The molecular formula is C10H14N4O5S. The number of aromatic nitrogens is 1. The molecule has 0 saturated heterocycles. The Labute approximate surface area is 115 Å². The molecule has 20 heavy (non-hydrogen) atoms. The van der Waals surface area contributed by atoms with Crippen LogP contribution in [0.4, 0.5) is 10.5 Å². The number of hydrogen-bond donors (Lipinski definition) is 4. The number of carbonyl (C=O) groups excluding carboxylic acids is 1. The van der Waals surface area contributed by atoms with E-state index >= 15 is 0 Å². The molecule has 1 aromatic heterocycles. The Morgan fingerprint density at radius 3 is 2.55 bits per heavy atom. The summed E-state index contributed by atoms with van der Waals surface area (Å²) in [6.07, 6.45) is 1.19. The molecule has 0 fully saturated rings. The van der Waals surface area contributed by atoms with Crippen LogP contribution in [0.15, 0.2) is 18.3 Å². The van der Waals surface area contributed by atoms with Crippen LogP contribution in [0.2, 0.25) is 0 Å². The average Bonchev–Trinajstić information content (AvgIpc) is 2.39. The molecule has 10 heteroatoms. The topological polar surface area (TPSA) is 137 Å². The van der Waals surface area contributed by atoms with Crippen molar-refractivity contribution in [3.05, 3.63) is 24.0 Å². The molecule has 0 radical (unpaired) electrons. The third-order valence-corrected chi connectivity index (χ3v) is 3.57. The molecule has 0 aromatic carbocycles. The minimum atomic E-state index is -3.37. The highest BCUT2D eigenvalue weighted by Gasteiger charge is 2.09. The first-order valence-electron chi connectivity index (χ1n) is 5.49. The number of nitrogens with zero attached hydrogens (tertiary/aromatic N) is 1. The van der Waals surface area contributed by atoms with Gasteiger partial charge in [0.15, 0.2) is 0 Å². The number of amides is 2. The van der Waals surface area contributed by atoms with Gasteiger partial charge < -0.3 is 15.7 Å². The van der Waals surface area contributed by atoms with Crippen molar-refractivity contribution in [2.45, 2.75) is 0 Å². The predicted octanol–water partition coefficient (Wildman–Crippen LogP) is -0.549. The third-order valence-electron chi connectivity index (χ3n) is 2.21. The van der Waals surface area contributed by atoms with E-state index in [9.17, 15) is 18.0 Å². The van der Waals surface area contributed by atoms with Crippen molar-refractivity contribution in [3.8, 4) is 0 Å². The first-order chi connectivity index (χ1) is 9.34. The summed E-state index contributed by atoms with van der Waals surface area (Å²) in [4.78, 5) is 25.6. The van der Waals surface area contributed by atoms with Crippen molar-refractivity contribution in [2.75, 3.05) is 24.7 Å². The largest absolute Gasteiger partial charge is 0.477 e. The number of aromatic carboxylic acids is 1. The zero-order valence-corrected chi connectivity index (χ0v) is 11.4. The molecule has 0 bridgehead atoms. The van der Waals surface area contributed by atoms with Crippen molar-refractivity contribution in [3.63, 3.8) is 0 Å². The number of carboxylic acid groups (broad SMARTS) is 1. The van der Waals surface area contributed by atoms with Gasteiger partial charge in [-0.1, -0.05) is 0 Å². The van der Waals surface area contributed by atoms with Gasteiger partial charge in [-0.2, -0.15) is 0 Å². The van der Waals surface area contributed by atoms with Crippen LogP contribution in [0.5, 0.6) is 0 Å². The number of urea groups is 1. The molecule has 0 spiro atoms. The first-order valence-corrected chi connectivity index (χ1v) is 7.14. The van der Waals surface area contributed by atoms with E-state index in [0.717, 1.165) is 0 Å². The van der Waals surface area contributed by atoms with E-state index in [0.29, 0.717) is 5.69 Å². The molecule has 0 aliphatic rings. The molecule has 0 unspecified atom stereocenters. The summed E-state index contributed by atoms with van der Waals surface area (Å²) in [7, 11) is -2.09. The molecule has 0 aliphatic carbocycles. The molecule has 0 saturated carbocycles. The van der Waals surface area contributed by atoms with Gasteiger partial charge in [0, 0.05) is 6.54 Å². The van der Waals surface area contributed by atoms with Gasteiger partial charge in [0.25, 0.3) is 0 Å². The van der Waals surface area contributed by atoms with Gasteiger partial charge in [-0.25, -0.2) is 27.7 Å². The number of anilines is 1. The average molecular weight is 302 g/mol.